The maximum absolute atomic E-state index is 6.59. The van der Waals surface area contributed by atoms with E-state index in [1.54, 1.807) is 0 Å². The van der Waals surface area contributed by atoms with E-state index in [9.17, 15) is 0 Å². The summed E-state index contributed by atoms with van der Waals surface area (Å²) in [7, 11) is 0. The Kier molecular flexibility index (Phi) is 3.22. The van der Waals surface area contributed by atoms with E-state index in [-0.39, 0.29) is 0 Å². The summed E-state index contributed by atoms with van der Waals surface area (Å²) in [5, 5.41) is 5.45. The molecule has 0 saturated heterocycles. The maximum atomic E-state index is 6.59. The van der Waals surface area contributed by atoms with Gasteiger partial charge in [-0.1, -0.05) is 78.3 Å². The molecule has 5 rings (SSSR count). The van der Waals surface area contributed by atoms with E-state index < -0.39 is 0 Å². The number of benzene rings is 4. The SMILES string of the molecule is Clc1ccccc1-c1c2ccccc2nc2ccc3ccccc3c12. The predicted molar refractivity (Wildman–Crippen MR) is 107 cm³/mol. The molecule has 0 amide bonds. The van der Waals surface area contributed by atoms with Crippen LogP contribution in [0.15, 0.2) is 84.9 Å². The van der Waals surface area contributed by atoms with Gasteiger partial charge in [0.15, 0.2) is 0 Å². The molecule has 0 N–H and O–H groups in total. The molecule has 1 heterocycles. The fourth-order valence-corrected chi connectivity index (χ4v) is 3.84. The van der Waals surface area contributed by atoms with E-state index in [0.717, 1.165) is 38.0 Å². The van der Waals surface area contributed by atoms with Crippen LogP contribution in [0.3, 0.4) is 0 Å². The summed E-state index contributed by atoms with van der Waals surface area (Å²) in [5.41, 5.74) is 4.18. The van der Waals surface area contributed by atoms with Crippen LogP contribution in [0, 0.1) is 0 Å². The number of nitrogens with zero attached hydrogens (tertiary/aromatic N) is 1. The van der Waals surface area contributed by atoms with E-state index in [2.05, 4.69) is 60.7 Å². The topological polar surface area (TPSA) is 12.9 Å². The van der Waals surface area contributed by atoms with Crippen molar-refractivity contribution in [2.45, 2.75) is 0 Å². The number of aromatic nitrogens is 1. The van der Waals surface area contributed by atoms with Gasteiger partial charge in [-0.05, 0) is 29.0 Å². The van der Waals surface area contributed by atoms with E-state index in [0.29, 0.717) is 0 Å². The molecule has 0 bridgehead atoms. The van der Waals surface area contributed by atoms with Crippen LogP contribution in [0.25, 0.3) is 43.7 Å². The lowest BCUT2D eigenvalue weighted by molar-refractivity contribution is 1.50. The zero-order valence-electron chi connectivity index (χ0n) is 13.4. The number of hydrogen-bond donors (Lipinski definition) is 0. The average Bonchev–Trinajstić information content (AvgIpc) is 2.67. The minimum absolute atomic E-state index is 0.757. The molecule has 0 radical (unpaired) electrons. The monoisotopic (exact) mass is 339 g/mol. The third-order valence-electron chi connectivity index (χ3n) is 4.71. The number of rotatable bonds is 1. The Morgan fingerprint density at radius 1 is 0.600 bits per heavy atom. The first-order chi connectivity index (χ1) is 12.3. The summed E-state index contributed by atoms with van der Waals surface area (Å²) in [6, 6.07) is 29.0. The van der Waals surface area contributed by atoms with Crippen LogP contribution >= 0.6 is 11.6 Å². The van der Waals surface area contributed by atoms with Crippen LogP contribution in [0.5, 0.6) is 0 Å². The molecule has 118 valence electrons. The Bertz CT molecular complexity index is 1260. The van der Waals surface area contributed by atoms with Gasteiger partial charge in [-0.2, -0.15) is 0 Å². The van der Waals surface area contributed by atoms with Gasteiger partial charge in [-0.3, -0.25) is 0 Å². The lowest BCUT2D eigenvalue weighted by Crippen LogP contribution is -1.91. The molecule has 2 heteroatoms. The summed E-state index contributed by atoms with van der Waals surface area (Å²) in [5.74, 6) is 0. The fourth-order valence-electron chi connectivity index (χ4n) is 3.61. The van der Waals surface area contributed by atoms with Crippen LogP contribution < -0.4 is 0 Å². The number of halogens is 1. The Labute approximate surface area is 150 Å². The molecule has 1 aromatic heterocycles. The molecule has 25 heavy (non-hydrogen) atoms. The van der Waals surface area contributed by atoms with E-state index >= 15 is 0 Å². The van der Waals surface area contributed by atoms with Gasteiger partial charge in [-0.25, -0.2) is 4.98 Å². The van der Waals surface area contributed by atoms with Crippen LogP contribution in [0.4, 0.5) is 0 Å². The highest BCUT2D eigenvalue weighted by Crippen LogP contribution is 2.40. The average molecular weight is 340 g/mol. The fraction of sp³-hybridized carbons (Fsp3) is 0. The van der Waals surface area contributed by atoms with Crippen molar-refractivity contribution in [2.24, 2.45) is 0 Å². The van der Waals surface area contributed by atoms with Crippen molar-refractivity contribution in [3.8, 4) is 11.1 Å². The van der Waals surface area contributed by atoms with Crippen molar-refractivity contribution in [3.63, 3.8) is 0 Å². The first kappa shape index (κ1) is 14.4. The molecule has 5 aromatic rings. The second-order valence-electron chi connectivity index (χ2n) is 6.16. The molecule has 0 fully saturated rings. The van der Waals surface area contributed by atoms with Gasteiger partial charge < -0.3 is 0 Å². The molecular formula is C23H14ClN. The maximum Gasteiger partial charge on any atom is 0.0722 e. The van der Waals surface area contributed by atoms with Gasteiger partial charge >= 0.3 is 0 Å². The minimum Gasteiger partial charge on any atom is -0.248 e. The third kappa shape index (κ3) is 2.20. The molecule has 0 aliphatic heterocycles. The van der Waals surface area contributed by atoms with Crippen molar-refractivity contribution in [1.29, 1.82) is 0 Å². The highest BCUT2D eigenvalue weighted by molar-refractivity contribution is 6.35. The van der Waals surface area contributed by atoms with E-state index in [1.807, 2.05) is 24.3 Å². The van der Waals surface area contributed by atoms with Crippen LogP contribution in [-0.2, 0) is 0 Å². The van der Waals surface area contributed by atoms with Crippen molar-refractivity contribution >= 4 is 44.2 Å². The molecular weight excluding hydrogens is 326 g/mol. The van der Waals surface area contributed by atoms with Gasteiger partial charge in [0.2, 0.25) is 0 Å². The second kappa shape index (κ2) is 5.58. The van der Waals surface area contributed by atoms with Crippen molar-refractivity contribution in [1.82, 2.24) is 4.98 Å². The second-order valence-corrected chi connectivity index (χ2v) is 6.57. The predicted octanol–water partition coefficient (Wildman–Crippen LogP) is 6.86. The van der Waals surface area contributed by atoms with Crippen molar-refractivity contribution < 1.29 is 0 Å². The van der Waals surface area contributed by atoms with Gasteiger partial charge in [0, 0.05) is 26.9 Å². The Morgan fingerprint density at radius 2 is 1.32 bits per heavy atom. The molecule has 1 nitrogen and oxygen atoms in total. The van der Waals surface area contributed by atoms with Crippen LogP contribution in [0.2, 0.25) is 5.02 Å². The molecule has 0 aliphatic carbocycles. The van der Waals surface area contributed by atoms with Gasteiger partial charge in [-0.15, -0.1) is 0 Å². The Balaban J connectivity index is 2.11. The van der Waals surface area contributed by atoms with E-state index in [1.165, 1.54) is 10.8 Å². The number of fused-ring (bicyclic) bond motifs is 4. The lowest BCUT2D eigenvalue weighted by Gasteiger charge is -2.14. The van der Waals surface area contributed by atoms with Gasteiger partial charge in [0.25, 0.3) is 0 Å². The summed E-state index contributed by atoms with van der Waals surface area (Å²) >= 11 is 6.59. The molecule has 0 aliphatic rings. The van der Waals surface area contributed by atoms with Crippen molar-refractivity contribution in [2.75, 3.05) is 0 Å². The van der Waals surface area contributed by atoms with Gasteiger partial charge in [0.1, 0.15) is 0 Å². The zero-order valence-corrected chi connectivity index (χ0v) is 14.2. The first-order valence-electron chi connectivity index (χ1n) is 8.28. The highest BCUT2D eigenvalue weighted by atomic mass is 35.5. The summed E-state index contributed by atoms with van der Waals surface area (Å²) in [6.07, 6.45) is 0. The quantitative estimate of drug-likeness (QED) is 0.240. The Hall–Kier alpha value is -2.90. The summed E-state index contributed by atoms with van der Waals surface area (Å²) in [4.78, 5) is 4.90. The smallest absolute Gasteiger partial charge is 0.0722 e. The summed E-state index contributed by atoms with van der Waals surface area (Å²) in [6.45, 7) is 0. The highest BCUT2D eigenvalue weighted by Gasteiger charge is 2.15. The minimum atomic E-state index is 0.757. The number of pyridine rings is 1. The Morgan fingerprint density at radius 3 is 2.20 bits per heavy atom. The van der Waals surface area contributed by atoms with Crippen molar-refractivity contribution in [3.05, 3.63) is 90.0 Å². The number of hydrogen-bond acceptors (Lipinski definition) is 1. The van der Waals surface area contributed by atoms with Crippen LogP contribution in [-0.4, -0.2) is 4.98 Å². The first-order valence-corrected chi connectivity index (χ1v) is 8.66. The standard InChI is InChI=1S/C23H14ClN/c24-19-11-5-3-9-17(19)22-18-10-4-6-12-20(18)25-21-14-13-15-7-1-2-8-16(15)23(21)22/h1-14H. The molecule has 4 aromatic carbocycles. The molecule has 0 spiro atoms. The molecule has 0 saturated carbocycles. The van der Waals surface area contributed by atoms with Crippen LogP contribution in [0.1, 0.15) is 0 Å². The number of para-hydroxylation sites is 1. The molecule has 0 atom stereocenters. The van der Waals surface area contributed by atoms with Gasteiger partial charge in [0.05, 0.1) is 11.0 Å². The molecule has 0 unspecified atom stereocenters. The zero-order chi connectivity index (χ0) is 16.8. The normalized spacial score (nSPS) is 11.4. The largest absolute Gasteiger partial charge is 0.248 e. The lowest BCUT2D eigenvalue weighted by atomic mass is 9.93. The van der Waals surface area contributed by atoms with E-state index in [4.69, 9.17) is 16.6 Å². The summed E-state index contributed by atoms with van der Waals surface area (Å²) < 4.78 is 0. The third-order valence-corrected chi connectivity index (χ3v) is 5.04.